The summed E-state index contributed by atoms with van der Waals surface area (Å²) in [6.45, 7) is 6.08. The van der Waals surface area contributed by atoms with Crippen molar-refractivity contribution in [3.63, 3.8) is 0 Å². The maximum atomic E-state index is 6.08. The zero-order chi connectivity index (χ0) is 11.0. The van der Waals surface area contributed by atoms with Crippen LogP contribution in [-0.2, 0) is 0 Å². The van der Waals surface area contributed by atoms with Crippen molar-refractivity contribution < 1.29 is 4.42 Å². The summed E-state index contributed by atoms with van der Waals surface area (Å²) < 4.78 is 5.41. The van der Waals surface area contributed by atoms with Gasteiger partial charge in [-0.3, -0.25) is 0 Å². The summed E-state index contributed by atoms with van der Waals surface area (Å²) in [5.74, 6) is 1.12. The smallest absolute Gasteiger partial charge is 0.192 e. The maximum Gasteiger partial charge on any atom is 0.192 e. The van der Waals surface area contributed by atoms with E-state index in [1.165, 1.54) is 0 Å². The summed E-state index contributed by atoms with van der Waals surface area (Å²) in [5.41, 5.74) is 8.91. The number of benzene rings is 1. The van der Waals surface area contributed by atoms with E-state index < -0.39 is 0 Å². The van der Waals surface area contributed by atoms with Gasteiger partial charge in [-0.1, -0.05) is 19.9 Å². The fraction of sp³-hybridized carbons (Fsp3) is 0.417. The van der Waals surface area contributed by atoms with Crippen LogP contribution in [0.2, 0.25) is 0 Å². The van der Waals surface area contributed by atoms with E-state index in [9.17, 15) is 0 Å². The van der Waals surface area contributed by atoms with Crippen LogP contribution < -0.4 is 5.73 Å². The molecule has 1 unspecified atom stereocenters. The molecule has 0 bridgehead atoms. The van der Waals surface area contributed by atoms with Gasteiger partial charge in [0.25, 0.3) is 0 Å². The third-order valence-corrected chi connectivity index (χ3v) is 2.62. The van der Waals surface area contributed by atoms with Gasteiger partial charge in [-0.2, -0.15) is 0 Å². The fourth-order valence-electron chi connectivity index (χ4n) is 1.65. The van der Waals surface area contributed by atoms with E-state index in [0.29, 0.717) is 11.8 Å². The largest absolute Gasteiger partial charge is 0.441 e. The third kappa shape index (κ3) is 1.88. The molecule has 2 N–H and O–H groups in total. The van der Waals surface area contributed by atoms with Crippen LogP contribution >= 0.6 is 0 Å². The van der Waals surface area contributed by atoms with Crippen LogP contribution in [0.25, 0.3) is 11.1 Å². The Morgan fingerprint density at radius 3 is 2.73 bits per heavy atom. The highest BCUT2D eigenvalue weighted by molar-refractivity contribution is 5.73. The summed E-state index contributed by atoms with van der Waals surface area (Å²) in [6, 6.07) is 6.02. The Morgan fingerprint density at radius 1 is 1.33 bits per heavy atom. The van der Waals surface area contributed by atoms with E-state index in [1.54, 1.807) is 0 Å². The first-order chi connectivity index (χ1) is 7.08. The predicted molar refractivity (Wildman–Crippen MR) is 60.5 cm³/mol. The number of fused-ring (bicyclic) bond motifs is 1. The molecule has 0 saturated heterocycles. The standard InChI is InChI=1S/C12H16N2O/c1-7(2)12(13)9-4-5-11-10(6-9)14-8(3)15-11/h4-7,12H,13H2,1-3H3. The topological polar surface area (TPSA) is 52.0 Å². The van der Waals surface area contributed by atoms with E-state index >= 15 is 0 Å². The zero-order valence-electron chi connectivity index (χ0n) is 9.32. The second-order valence-electron chi connectivity index (χ2n) is 4.23. The highest BCUT2D eigenvalue weighted by atomic mass is 16.3. The second kappa shape index (κ2) is 3.66. The second-order valence-corrected chi connectivity index (χ2v) is 4.23. The van der Waals surface area contributed by atoms with Gasteiger partial charge < -0.3 is 10.2 Å². The lowest BCUT2D eigenvalue weighted by atomic mass is 9.97. The van der Waals surface area contributed by atoms with Gasteiger partial charge >= 0.3 is 0 Å². The number of rotatable bonds is 2. The van der Waals surface area contributed by atoms with Crippen molar-refractivity contribution >= 4 is 11.1 Å². The van der Waals surface area contributed by atoms with Crippen molar-refractivity contribution in [2.24, 2.45) is 11.7 Å². The van der Waals surface area contributed by atoms with Crippen LogP contribution in [0.5, 0.6) is 0 Å². The van der Waals surface area contributed by atoms with Crippen LogP contribution in [-0.4, -0.2) is 4.98 Å². The Morgan fingerprint density at radius 2 is 2.07 bits per heavy atom. The Bertz CT molecular complexity index is 473. The first-order valence-electron chi connectivity index (χ1n) is 5.20. The SMILES string of the molecule is Cc1nc2cc(C(N)C(C)C)ccc2o1. The van der Waals surface area contributed by atoms with E-state index in [2.05, 4.69) is 18.8 Å². The van der Waals surface area contributed by atoms with Gasteiger partial charge in [-0.15, -0.1) is 0 Å². The van der Waals surface area contributed by atoms with Crippen LogP contribution in [0, 0.1) is 12.8 Å². The Hall–Kier alpha value is -1.35. The van der Waals surface area contributed by atoms with Gasteiger partial charge in [0.1, 0.15) is 5.52 Å². The molecule has 1 heterocycles. The average Bonchev–Trinajstić information content (AvgIpc) is 2.55. The van der Waals surface area contributed by atoms with Crippen molar-refractivity contribution in [2.45, 2.75) is 26.8 Å². The molecule has 15 heavy (non-hydrogen) atoms. The van der Waals surface area contributed by atoms with Crippen LogP contribution in [0.15, 0.2) is 22.6 Å². The lowest BCUT2D eigenvalue weighted by Crippen LogP contribution is -2.16. The molecule has 2 rings (SSSR count). The number of aryl methyl sites for hydroxylation is 1. The van der Waals surface area contributed by atoms with Crippen LogP contribution in [0.1, 0.15) is 31.3 Å². The molecule has 3 heteroatoms. The van der Waals surface area contributed by atoms with Crippen LogP contribution in [0.3, 0.4) is 0 Å². The van der Waals surface area contributed by atoms with E-state index in [0.717, 1.165) is 16.7 Å². The van der Waals surface area contributed by atoms with Crippen molar-refractivity contribution in [2.75, 3.05) is 0 Å². The quantitative estimate of drug-likeness (QED) is 0.818. The fourth-order valence-corrected chi connectivity index (χ4v) is 1.65. The molecule has 1 atom stereocenters. The lowest BCUT2D eigenvalue weighted by molar-refractivity contribution is 0.514. The van der Waals surface area contributed by atoms with Crippen molar-refractivity contribution in [1.82, 2.24) is 4.98 Å². The van der Waals surface area contributed by atoms with Gasteiger partial charge in [0.05, 0.1) is 0 Å². The van der Waals surface area contributed by atoms with E-state index in [-0.39, 0.29) is 6.04 Å². The highest BCUT2D eigenvalue weighted by Gasteiger charge is 2.12. The Labute approximate surface area is 89.3 Å². The third-order valence-electron chi connectivity index (χ3n) is 2.62. The van der Waals surface area contributed by atoms with Crippen molar-refractivity contribution in [1.29, 1.82) is 0 Å². The number of nitrogens with zero attached hydrogens (tertiary/aromatic N) is 1. The van der Waals surface area contributed by atoms with Crippen molar-refractivity contribution in [3.05, 3.63) is 29.7 Å². The molecule has 0 fully saturated rings. The number of nitrogens with two attached hydrogens (primary N) is 1. The number of oxazole rings is 1. The molecule has 0 saturated carbocycles. The minimum Gasteiger partial charge on any atom is -0.441 e. The van der Waals surface area contributed by atoms with E-state index in [4.69, 9.17) is 10.2 Å². The molecule has 3 nitrogen and oxygen atoms in total. The van der Waals surface area contributed by atoms with Crippen molar-refractivity contribution in [3.8, 4) is 0 Å². The normalized spacial score (nSPS) is 13.7. The van der Waals surface area contributed by atoms with Crippen LogP contribution in [0.4, 0.5) is 0 Å². The molecular formula is C12H16N2O. The predicted octanol–water partition coefficient (Wildman–Crippen LogP) is 2.79. The molecular weight excluding hydrogens is 188 g/mol. The number of hydrogen-bond acceptors (Lipinski definition) is 3. The summed E-state index contributed by atoms with van der Waals surface area (Å²) >= 11 is 0. The zero-order valence-corrected chi connectivity index (χ0v) is 9.32. The minimum atomic E-state index is 0.0615. The molecule has 0 aliphatic heterocycles. The molecule has 2 aromatic rings. The number of hydrogen-bond donors (Lipinski definition) is 1. The van der Waals surface area contributed by atoms with Gasteiger partial charge in [-0.25, -0.2) is 4.98 Å². The highest BCUT2D eigenvalue weighted by Crippen LogP contribution is 2.23. The summed E-state index contributed by atoms with van der Waals surface area (Å²) in [5, 5.41) is 0. The minimum absolute atomic E-state index is 0.0615. The van der Waals surface area contributed by atoms with E-state index in [1.807, 2.05) is 25.1 Å². The van der Waals surface area contributed by atoms with Gasteiger partial charge in [0, 0.05) is 13.0 Å². The molecule has 0 radical (unpaired) electrons. The maximum absolute atomic E-state index is 6.08. The summed E-state index contributed by atoms with van der Waals surface area (Å²) in [7, 11) is 0. The molecule has 80 valence electrons. The summed E-state index contributed by atoms with van der Waals surface area (Å²) in [4.78, 5) is 4.29. The molecule has 0 aliphatic carbocycles. The molecule has 0 aliphatic rings. The lowest BCUT2D eigenvalue weighted by Gasteiger charge is -2.15. The Kier molecular flexibility index (Phi) is 2.49. The Balaban J connectivity index is 2.46. The first-order valence-corrected chi connectivity index (χ1v) is 5.20. The van der Waals surface area contributed by atoms with Gasteiger partial charge in [0.2, 0.25) is 0 Å². The van der Waals surface area contributed by atoms with Gasteiger partial charge in [0.15, 0.2) is 11.5 Å². The monoisotopic (exact) mass is 204 g/mol. The molecule has 1 aromatic heterocycles. The molecule has 0 spiro atoms. The number of aromatic nitrogens is 1. The molecule has 0 amide bonds. The summed E-state index contributed by atoms with van der Waals surface area (Å²) in [6.07, 6.45) is 0. The average molecular weight is 204 g/mol. The molecule has 1 aromatic carbocycles. The van der Waals surface area contributed by atoms with Gasteiger partial charge in [-0.05, 0) is 23.6 Å². The first kappa shape index (κ1) is 10.2.